The Labute approximate surface area is 109 Å². The van der Waals surface area contributed by atoms with E-state index in [9.17, 15) is 0 Å². The minimum atomic E-state index is 0.394. The number of ether oxygens (including phenoxy) is 1. The molecule has 1 heterocycles. The Morgan fingerprint density at radius 1 is 1.35 bits per heavy atom. The quantitative estimate of drug-likeness (QED) is 0.869. The number of nitrogens with two attached hydrogens (primary N) is 1. The fourth-order valence-electron chi connectivity index (χ4n) is 1.37. The van der Waals surface area contributed by atoms with Crippen LogP contribution >= 0.6 is 23.2 Å². The Bertz CT molecular complexity index is 540. The molecule has 2 N–H and O–H groups in total. The molecule has 0 atom stereocenters. The molecule has 0 radical (unpaired) electrons. The van der Waals surface area contributed by atoms with Crippen molar-refractivity contribution in [1.29, 1.82) is 0 Å². The Hall–Kier alpha value is -1.39. The van der Waals surface area contributed by atoms with Gasteiger partial charge in [-0.1, -0.05) is 23.2 Å². The summed E-state index contributed by atoms with van der Waals surface area (Å²) in [6, 6.07) is 3.60. The van der Waals surface area contributed by atoms with Crippen LogP contribution in [-0.2, 0) is 6.54 Å². The van der Waals surface area contributed by atoms with E-state index in [1.54, 1.807) is 18.3 Å². The van der Waals surface area contributed by atoms with E-state index in [2.05, 4.69) is 4.98 Å². The largest absolute Gasteiger partial charge is 0.423 e. The third kappa shape index (κ3) is 2.48. The van der Waals surface area contributed by atoms with E-state index in [1.807, 2.05) is 17.7 Å². The molecule has 2 rings (SSSR count). The number of aryl methyl sites for hydroxylation is 1. The highest BCUT2D eigenvalue weighted by molar-refractivity contribution is 6.42. The predicted octanol–water partition coefficient (Wildman–Crippen LogP) is 3.58. The number of imidazole rings is 1. The van der Waals surface area contributed by atoms with Crippen molar-refractivity contribution in [2.75, 3.05) is 5.73 Å². The van der Waals surface area contributed by atoms with E-state index in [4.69, 9.17) is 33.7 Å². The van der Waals surface area contributed by atoms with Crippen LogP contribution in [0.3, 0.4) is 0 Å². The lowest BCUT2D eigenvalue weighted by Gasteiger charge is -2.10. The van der Waals surface area contributed by atoms with Crippen LogP contribution in [0.4, 0.5) is 5.69 Å². The van der Waals surface area contributed by atoms with Crippen LogP contribution in [0, 0.1) is 0 Å². The first-order valence-corrected chi connectivity index (χ1v) is 5.81. The van der Waals surface area contributed by atoms with E-state index in [-0.39, 0.29) is 0 Å². The second-order valence-electron chi connectivity index (χ2n) is 3.40. The maximum atomic E-state index is 5.90. The third-order valence-electron chi connectivity index (χ3n) is 2.27. The van der Waals surface area contributed by atoms with Gasteiger partial charge in [-0.25, -0.2) is 4.98 Å². The number of nitrogens with zero attached hydrogens (tertiary/aromatic N) is 2. The van der Waals surface area contributed by atoms with Crippen LogP contribution in [0.2, 0.25) is 10.0 Å². The van der Waals surface area contributed by atoms with Crippen molar-refractivity contribution in [1.82, 2.24) is 9.55 Å². The molecule has 0 amide bonds. The lowest BCUT2D eigenvalue weighted by atomic mass is 10.3. The fraction of sp³-hybridized carbons (Fsp3) is 0.182. The van der Waals surface area contributed by atoms with Gasteiger partial charge in [0.05, 0.1) is 15.7 Å². The molecule has 0 aliphatic rings. The van der Waals surface area contributed by atoms with Crippen molar-refractivity contribution in [3.63, 3.8) is 0 Å². The number of anilines is 1. The fourth-order valence-corrected chi connectivity index (χ4v) is 1.70. The summed E-state index contributed by atoms with van der Waals surface area (Å²) in [6.07, 6.45) is 3.48. The van der Waals surface area contributed by atoms with Crippen molar-refractivity contribution in [2.24, 2.45) is 0 Å². The first kappa shape index (κ1) is 12.1. The molecule has 4 nitrogen and oxygen atoms in total. The molecule has 0 fully saturated rings. The number of halogens is 2. The van der Waals surface area contributed by atoms with Crippen LogP contribution in [0.15, 0.2) is 24.5 Å². The Morgan fingerprint density at radius 3 is 2.76 bits per heavy atom. The van der Waals surface area contributed by atoms with Gasteiger partial charge in [0, 0.05) is 25.0 Å². The maximum absolute atomic E-state index is 5.90. The van der Waals surface area contributed by atoms with Crippen LogP contribution in [0.5, 0.6) is 11.8 Å². The molecular formula is C11H11Cl2N3O. The average molecular weight is 272 g/mol. The van der Waals surface area contributed by atoms with Crippen molar-refractivity contribution in [3.8, 4) is 11.8 Å². The minimum Gasteiger partial charge on any atom is -0.423 e. The first-order chi connectivity index (χ1) is 8.11. The lowest BCUT2D eigenvalue weighted by Crippen LogP contribution is -1.99. The van der Waals surface area contributed by atoms with Gasteiger partial charge in [-0.3, -0.25) is 0 Å². The van der Waals surface area contributed by atoms with Gasteiger partial charge in [-0.2, -0.15) is 0 Å². The number of aromatic nitrogens is 2. The number of hydrogen-bond acceptors (Lipinski definition) is 3. The van der Waals surface area contributed by atoms with Crippen molar-refractivity contribution >= 4 is 28.9 Å². The SMILES string of the molecule is CCn1ccnc1Oc1cc(Cl)c(Cl)cc1N. The normalized spacial score (nSPS) is 10.5. The lowest BCUT2D eigenvalue weighted by molar-refractivity contribution is 0.417. The van der Waals surface area contributed by atoms with Gasteiger partial charge in [0.2, 0.25) is 0 Å². The molecule has 1 aromatic carbocycles. The number of hydrogen-bond donors (Lipinski definition) is 1. The summed E-state index contributed by atoms with van der Waals surface area (Å²) in [5.74, 6) is 0.445. The highest BCUT2D eigenvalue weighted by Gasteiger charge is 2.10. The Balaban J connectivity index is 2.33. The summed E-state index contributed by atoms with van der Waals surface area (Å²) in [7, 11) is 0. The molecule has 1 aromatic heterocycles. The molecular weight excluding hydrogens is 261 g/mol. The topological polar surface area (TPSA) is 53.1 Å². The van der Waals surface area contributed by atoms with Gasteiger partial charge in [0.1, 0.15) is 0 Å². The van der Waals surface area contributed by atoms with Gasteiger partial charge in [-0.15, -0.1) is 0 Å². The molecule has 0 unspecified atom stereocenters. The van der Waals surface area contributed by atoms with E-state index in [0.717, 1.165) is 6.54 Å². The summed E-state index contributed by atoms with van der Waals surface area (Å²) in [5.41, 5.74) is 6.21. The molecule has 90 valence electrons. The molecule has 0 aliphatic carbocycles. The van der Waals surface area contributed by atoms with E-state index < -0.39 is 0 Å². The first-order valence-electron chi connectivity index (χ1n) is 5.05. The zero-order valence-corrected chi connectivity index (χ0v) is 10.7. The van der Waals surface area contributed by atoms with Gasteiger partial charge in [0.15, 0.2) is 5.75 Å². The van der Waals surface area contributed by atoms with Crippen molar-refractivity contribution in [3.05, 3.63) is 34.6 Å². The standard InChI is InChI=1S/C11H11Cl2N3O/c1-2-16-4-3-15-11(16)17-10-6-8(13)7(12)5-9(10)14/h3-6H,2,14H2,1H3. The molecule has 17 heavy (non-hydrogen) atoms. The molecule has 0 bridgehead atoms. The van der Waals surface area contributed by atoms with E-state index >= 15 is 0 Å². The van der Waals surface area contributed by atoms with Crippen LogP contribution in [0.1, 0.15) is 6.92 Å². The van der Waals surface area contributed by atoms with Crippen LogP contribution in [-0.4, -0.2) is 9.55 Å². The minimum absolute atomic E-state index is 0.394. The van der Waals surface area contributed by atoms with Crippen molar-refractivity contribution in [2.45, 2.75) is 13.5 Å². The number of nitrogen functional groups attached to an aromatic ring is 1. The van der Waals surface area contributed by atoms with Gasteiger partial charge >= 0.3 is 6.01 Å². The van der Waals surface area contributed by atoms with Gasteiger partial charge < -0.3 is 15.0 Å². The Kier molecular flexibility index (Phi) is 3.45. The average Bonchev–Trinajstić information content (AvgIpc) is 2.73. The summed E-state index contributed by atoms with van der Waals surface area (Å²) >= 11 is 11.7. The molecule has 0 saturated heterocycles. The zero-order valence-electron chi connectivity index (χ0n) is 9.15. The van der Waals surface area contributed by atoms with Gasteiger partial charge in [-0.05, 0) is 13.0 Å². The smallest absolute Gasteiger partial charge is 0.301 e. The number of benzene rings is 1. The van der Waals surface area contributed by atoms with Gasteiger partial charge in [0.25, 0.3) is 0 Å². The maximum Gasteiger partial charge on any atom is 0.301 e. The molecule has 2 aromatic rings. The van der Waals surface area contributed by atoms with Crippen LogP contribution in [0.25, 0.3) is 0 Å². The summed E-state index contributed by atoms with van der Waals surface area (Å²) in [4.78, 5) is 4.08. The van der Waals surface area contributed by atoms with Crippen LogP contribution < -0.4 is 10.5 Å². The number of rotatable bonds is 3. The predicted molar refractivity (Wildman–Crippen MR) is 68.8 cm³/mol. The van der Waals surface area contributed by atoms with E-state index in [0.29, 0.717) is 27.5 Å². The molecule has 6 heteroatoms. The monoisotopic (exact) mass is 271 g/mol. The third-order valence-corrected chi connectivity index (χ3v) is 2.99. The molecule has 0 aliphatic heterocycles. The molecule has 0 saturated carbocycles. The summed E-state index contributed by atoms with van der Waals surface area (Å²) in [5, 5.41) is 0.792. The van der Waals surface area contributed by atoms with Crippen molar-refractivity contribution < 1.29 is 4.74 Å². The molecule has 0 spiro atoms. The second-order valence-corrected chi connectivity index (χ2v) is 4.22. The summed E-state index contributed by atoms with van der Waals surface area (Å²) in [6.45, 7) is 2.75. The second kappa shape index (κ2) is 4.85. The highest BCUT2D eigenvalue weighted by Crippen LogP contribution is 2.34. The summed E-state index contributed by atoms with van der Waals surface area (Å²) < 4.78 is 7.44. The van der Waals surface area contributed by atoms with E-state index in [1.165, 1.54) is 0 Å². The zero-order chi connectivity index (χ0) is 12.4. The Morgan fingerprint density at radius 2 is 2.06 bits per heavy atom. The highest BCUT2D eigenvalue weighted by atomic mass is 35.5.